The van der Waals surface area contributed by atoms with Gasteiger partial charge in [0.05, 0.1) is 16.9 Å². The van der Waals surface area contributed by atoms with Crippen LogP contribution in [-0.2, 0) is 13.5 Å². The third kappa shape index (κ3) is 2.53. The third-order valence-corrected chi connectivity index (χ3v) is 2.48. The van der Waals surface area contributed by atoms with Crippen LogP contribution in [0.2, 0.25) is 0 Å². The van der Waals surface area contributed by atoms with Gasteiger partial charge in [-0.05, 0) is 18.6 Å². The van der Waals surface area contributed by atoms with Crippen LogP contribution in [0, 0.1) is 5.95 Å². The van der Waals surface area contributed by atoms with E-state index in [9.17, 15) is 9.18 Å². The number of rotatable bonds is 3. The Kier molecular flexibility index (Phi) is 3.36. The number of nitrogens with zero attached hydrogens (tertiary/aromatic N) is 3. The average Bonchev–Trinajstić information content (AvgIpc) is 2.70. The molecule has 2 heterocycles. The van der Waals surface area contributed by atoms with Crippen molar-refractivity contribution < 1.29 is 9.18 Å². The van der Waals surface area contributed by atoms with E-state index >= 15 is 0 Å². The summed E-state index contributed by atoms with van der Waals surface area (Å²) < 4.78 is 14.3. The van der Waals surface area contributed by atoms with Gasteiger partial charge in [-0.25, -0.2) is 4.98 Å². The largest absolute Gasteiger partial charge is 0.319 e. The van der Waals surface area contributed by atoms with Gasteiger partial charge in [0.15, 0.2) is 0 Å². The van der Waals surface area contributed by atoms with E-state index in [1.807, 2.05) is 6.92 Å². The number of carbonyl (C=O) groups is 1. The molecule has 0 aliphatic carbocycles. The second-order valence-corrected chi connectivity index (χ2v) is 3.84. The Morgan fingerprint density at radius 3 is 2.89 bits per heavy atom. The molecule has 1 N–H and O–H groups in total. The molecular formula is C12H13FN4O. The van der Waals surface area contributed by atoms with Crippen molar-refractivity contribution in [3.8, 4) is 0 Å². The van der Waals surface area contributed by atoms with Crippen molar-refractivity contribution in [2.45, 2.75) is 13.3 Å². The van der Waals surface area contributed by atoms with E-state index in [1.54, 1.807) is 17.9 Å². The smallest absolute Gasteiger partial charge is 0.257 e. The lowest BCUT2D eigenvalue weighted by molar-refractivity contribution is 0.102. The molecule has 2 aromatic heterocycles. The molecule has 0 aliphatic rings. The molecule has 0 saturated heterocycles. The molecule has 6 heteroatoms. The number of carbonyl (C=O) groups excluding carboxylic acids is 1. The molecule has 1 amide bonds. The summed E-state index contributed by atoms with van der Waals surface area (Å²) in [5.41, 5.74) is 1.78. The summed E-state index contributed by atoms with van der Waals surface area (Å²) in [4.78, 5) is 15.3. The van der Waals surface area contributed by atoms with Gasteiger partial charge in [-0.15, -0.1) is 0 Å². The highest BCUT2D eigenvalue weighted by molar-refractivity contribution is 6.04. The van der Waals surface area contributed by atoms with Crippen molar-refractivity contribution in [2.75, 3.05) is 5.32 Å². The number of pyridine rings is 1. The average molecular weight is 248 g/mol. The first-order chi connectivity index (χ1) is 8.60. The second kappa shape index (κ2) is 4.95. The monoisotopic (exact) mass is 248 g/mol. The number of nitrogens with one attached hydrogen (secondary N) is 1. The Morgan fingerprint density at radius 2 is 2.28 bits per heavy atom. The number of aryl methyl sites for hydroxylation is 2. The van der Waals surface area contributed by atoms with Gasteiger partial charge in [-0.1, -0.05) is 6.92 Å². The Balaban J connectivity index is 2.18. The van der Waals surface area contributed by atoms with Crippen LogP contribution in [0.4, 0.5) is 10.1 Å². The Bertz CT molecular complexity index is 562. The first-order valence-electron chi connectivity index (χ1n) is 5.55. The highest BCUT2D eigenvalue weighted by Crippen LogP contribution is 2.14. The molecule has 0 aliphatic heterocycles. The van der Waals surface area contributed by atoms with Gasteiger partial charge in [0.2, 0.25) is 5.95 Å². The molecule has 2 aromatic rings. The molecule has 0 atom stereocenters. The molecule has 0 radical (unpaired) electrons. The standard InChI is InChI=1S/C12H13FN4O/c1-3-9-10(7-17(2)16-9)15-12(18)8-4-5-11(13)14-6-8/h4-7H,3H2,1-2H3,(H,15,18). The minimum absolute atomic E-state index is 0.308. The molecule has 0 spiro atoms. The predicted molar refractivity (Wildman–Crippen MR) is 64.7 cm³/mol. The van der Waals surface area contributed by atoms with Gasteiger partial charge in [0, 0.05) is 19.4 Å². The number of hydrogen-bond acceptors (Lipinski definition) is 3. The SMILES string of the molecule is CCc1nn(C)cc1NC(=O)c1ccc(F)nc1. The quantitative estimate of drug-likeness (QED) is 0.842. The van der Waals surface area contributed by atoms with Crippen LogP contribution in [0.1, 0.15) is 23.0 Å². The summed E-state index contributed by atoms with van der Waals surface area (Å²) >= 11 is 0. The molecule has 18 heavy (non-hydrogen) atoms. The van der Waals surface area contributed by atoms with E-state index in [-0.39, 0.29) is 5.91 Å². The van der Waals surface area contributed by atoms with Crippen molar-refractivity contribution in [1.29, 1.82) is 0 Å². The molecule has 0 bridgehead atoms. The fourth-order valence-electron chi connectivity index (χ4n) is 1.60. The molecule has 0 unspecified atom stereocenters. The van der Waals surface area contributed by atoms with Gasteiger partial charge in [0.25, 0.3) is 5.91 Å². The van der Waals surface area contributed by atoms with E-state index in [4.69, 9.17) is 0 Å². The molecule has 0 fully saturated rings. The van der Waals surface area contributed by atoms with E-state index in [0.717, 1.165) is 18.2 Å². The minimum Gasteiger partial charge on any atom is -0.319 e. The maximum absolute atomic E-state index is 12.6. The highest BCUT2D eigenvalue weighted by atomic mass is 19.1. The lowest BCUT2D eigenvalue weighted by Gasteiger charge is -2.03. The topological polar surface area (TPSA) is 59.8 Å². The summed E-state index contributed by atoms with van der Waals surface area (Å²) in [5.74, 6) is -0.938. The van der Waals surface area contributed by atoms with Gasteiger partial charge >= 0.3 is 0 Å². The predicted octanol–water partition coefficient (Wildman–Crippen LogP) is 1.77. The van der Waals surface area contributed by atoms with Gasteiger partial charge in [-0.3, -0.25) is 9.48 Å². The minimum atomic E-state index is -0.609. The number of hydrogen-bond donors (Lipinski definition) is 1. The van der Waals surface area contributed by atoms with E-state index < -0.39 is 5.95 Å². The van der Waals surface area contributed by atoms with E-state index in [2.05, 4.69) is 15.4 Å². The van der Waals surface area contributed by atoms with E-state index in [1.165, 1.54) is 12.3 Å². The summed E-state index contributed by atoms with van der Waals surface area (Å²) in [7, 11) is 1.79. The van der Waals surface area contributed by atoms with Crippen molar-refractivity contribution >= 4 is 11.6 Å². The fourth-order valence-corrected chi connectivity index (χ4v) is 1.60. The molecule has 0 aromatic carbocycles. The van der Waals surface area contributed by atoms with Crippen LogP contribution >= 0.6 is 0 Å². The zero-order valence-electron chi connectivity index (χ0n) is 10.1. The van der Waals surface area contributed by atoms with Crippen LogP contribution in [0.15, 0.2) is 24.5 Å². The van der Waals surface area contributed by atoms with Crippen molar-refractivity contribution in [3.63, 3.8) is 0 Å². The Hall–Kier alpha value is -2.24. The molecule has 94 valence electrons. The summed E-state index contributed by atoms with van der Waals surface area (Å²) in [6.45, 7) is 1.96. The Labute approximate surface area is 104 Å². The number of halogens is 1. The van der Waals surface area contributed by atoms with Crippen molar-refractivity contribution in [1.82, 2.24) is 14.8 Å². The molecule has 5 nitrogen and oxygen atoms in total. The first kappa shape index (κ1) is 12.2. The first-order valence-corrected chi connectivity index (χ1v) is 5.55. The van der Waals surface area contributed by atoms with Gasteiger partial charge in [0.1, 0.15) is 0 Å². The third-order valence-electron chi connectivity index (χ3n) is 2.48. The molecular weight excluding hydrogens is 235 g/mol. The number of anilines is 1. The van der Waals surface area contributed by atoms with Gasteiger partial charge in [-0.2, -0.15) is 9.49 Å². The number of amides is 1. The van der Waals surface area contributed by atoms with Crippen molar-refractivity contribution in [2.24, 2.45) is 7.05 Å². The van der Waals surface area contributed by atoms with Crippen LogP contribution < -0.4 is 5.32 Å². The van der Waals surface area contributed by atoms with Crippen LogP contribution in [0.25, 0.3) is 0 Å². The zero-order valence-corrected chi connectivity index (χ0v) is 10.1. The normalized spacial score (nSPS) is 10.4. The molecule has 0 saturated carbocycles. The second-order valence-electron chi connectivity index (χ2n) is 3.84. The summed E-state index contributed by atoms with van der Waals surface area (Å²) in [6, 6.07) is 2.54. The summed E-state index contributed by atoms with van der Waals surface area (Å²) in [5, 5.41) is 6.95. The van der Waals surface area contributed by atoms with Gasteiger partial charge < -0.3 is 5.32 Å². The lowest BCUT2D eigenvalue weighted by Crippen LogP contribution is -2.13. The highest BCUT2D eigenvalue weighted by Gasteiger charge is 2.11. The van der Waals surface area contributed by atoms with Crippen LogP contribution in [-0.4, -0.2) is 20.7 Å². The fraction of sp³-hybridized carbons (Fsp3) is 0.250. The maximum Gasteiger partial charge on any atom is 0.257 e. The van der Waals surface area contributed by atoms with E-state index in [0.29, 0.717) is 11.3 Å². The lowest BCUT2D eigenvalue weighted by atomic mass is 10.2. The van der Waals surface area contributed by atoms with Crippen LogP contribution in [0.3, 0.4) is 0 Å². The zero-order chi connectivity index (χ0) is 13.1. The van der Waals surface area contributed by atoms with Crippen molar-refractivity contribution in [3.05, 3.63) is 41.7 Å². The summed E-state index contributed by atoms with van der Waals surface area (Å²) in [6.07, 6.45) is 3.65. The number of aromatic nitrogens is 3. The Morgan fingerprint density at radius 1 is 1.50 bits per heavy atom. The molecule has 2 rings (SSSR count). The maximum atomic E-state index is 12.6. The van der Waals surface area contributed by atoms with Crippen LogP contribution in [0.5, 0.6) is 0 Å².